The van der Waals surface area contributed by atoms with Crippen LogP contribution in [0.2, 0.25) is 0 Å². The van der Waals surface area contributed by atoms with Crippen molar-refractivity contribution in [2.45, 2.75) is 23.4 Å². The SMILES string of the molecule is Cc1occc1-c1nnc(Sc2nc(N(C)C)cc(C(F)(F)F)n2)n1C. The Hall–Kier alpha value is -2.56. The van der Waals surface area contributed by atoms with Gasteiger partial charge in [-0.15, -0.1) is 10.2 Å². The van der Waals surface area contributed by atoms with Crippen molar-refractivity contribution in [1.29, 1.82) is 0 Å². The van der Waals surface area contributed by atoms with Gasteiger partial charge in [0.2, 0.25) is 0 Å². The van der Waals surface area contributed by atoms with Crippen LogP contribution < -0.4 is 4.90 Å². The molecule has 0 aliphatic heterocycles. The van der Waals surface area contributed by atoms with Gasteiger partial charge < -0.3 is 13.9 Å². The number of aromatic nitrogens is 5. The summed E-state index contributed by atoms with van der Waals surface area (Å²) in [5, 5.41) is 8.43. The van der Waals surface area contributed by atoms with Gasteiger partial charge >= 0.3 is 6.18 Å². The number of halogens is 3. The predicted octanol–water partition coefficient (Wildman–Crippen LogP) is 3.41. The fourth-order valence-electron chi connectivity index (χ4n) is 2.17. The lowest BCUT2D eigenvalue weighted by molar-refractivity contribution is -0.141. The quantitative estimate of drug-likeness (QED) is 0.638. The van der Waals surface area contributed by atoms with Crippen molar-refractivity contribution in [3.8, 4) is 11.4 Å². The van der Waals surface area contributed by atoms with Crippen LogP contribution >= 0.6 is 11.8 Å². The molecule has 0 aromatic carbocycles. The normalized spacial score (nSPS) is 11.8. The van der Waals surface area contributed by atoms with Gasteiger partial charge in [0.05, 0.1) is 11.8 Å². The lowest BCUT2D eigenvalue weighted by atomic mass is 10.2. The molecule has 7 nitrogen and oxygen atoms in total. The number of aryl methyl sites for hydroxylation is 1. The first-order valence-corrected chi connectivity index (χ1v) is 8.23. The molecule has 0 aliphatic carbocycles. The Kier molecular flexibility index (Phi) is 4.65. The van der Waals surface area contributed by atoms with Crippen LogP contribution in [0.3, 0.4) is 0 Å². The van der Waals surface area contributed by atoms with Crippen molar-refractivity contribution in [3.63, 3.8) is 0 Å². The van der Waals surface area contributed by atoms with E-state index in [1.54, 1.807) is 38.7 Å². The number of rotatable bonds is 4. The smallest absolute Gasteiger partial charge is 0.433 e. The van der Waals surface area contributed by atoms with Crippen molar-refractivity contribution in [1.82, 2.24) is 24.7 Å². The Balaban J connectivity index is 1.98. The highest BCUT2D eigenvalue weighted by molar-refractivity contribution is 7.99. The van der Waals surface area contributed by atoms with E-state index in [1.807, 2.05) is 0 Å². The van der Waals surface area contributed by atoms with E-state index in [1.165, 1.54) is 11.2 Å². The first-order chi connectivity index (χ1) is 12.2. The molecule has 0 spiro atoms. The second-order valence-corrected chi connectivity index (χ2v) is 6.58. The summed E-state index contributed by atoms with van der Waals surface area (Å²) in [7, 11) is 4.93. The molecule has 0 N–H and O–H groups in total. The maximum atomic E-state index is 13.1. The van der Waals surface area contributed by atoms with Gasteiger partial charge in [0.25, 0.3) is 0 Å². The summed E-state index contributed by atoms with van der Waals surface area (Å²) in [4.78, 5) is 9.25. The molecule has 0 saturated heterocycles. The van der Waals surface area contributed by atoms with Crippen LogP contribution in [0, 0.1) is 6.92 Å². The summed E-state index contributed by atoms with van der Waals surface area (Å²) < 4.78 is 46.2. The van der Waals surface area contributed by atoms with E-state index in [4.69, 9.17) is 4.42 Å². The second-order valence-electron chi connectivity index (χ2n) is 5.64. The van der Waals surface area contributed by atoms with Gasteiger partial charge in [0.15, 0.2) is 21.8 Å². The molecule has 0 unspecified atom stereocenters. The van der Waals surface area contributed by atoms with E-state index in [0.29, 0.717) is 16.7 Å². The van der Waals surface area contributed by atoms with Gasteiger partial charge in [-0.05, 0) is 24.8 Å². The molecule has 3 rings (SSSR count). The monoisotopic (exact) mass is 384 g/mol. The van der Waals surface area contributed by atoms with E-state index < -0.39 is 11.9 Å². The minimum Gasteiger partial charge on any atom is -0.469 e. The summed E-state index contributed by atoms with van der Waals surface area (Å²) in [6.07, 6.45) is -3.03. The number of hydrogen-bond acceptors (Lipinski definition) is 7. The molecule has 138 valence electrons. The Morgan fingerprint density at radius 2 is 1.92 bits per heavy atom. The maximum Gasteiger partial charge on any atom is 0.433 e. The van der Waals surface area contributed by atoms with Crippen LogP contribution in [0.4, 0.5) is 19.0 Å². The van der Waals surface area contributed by atoms with E-state index in [2.05, 4.69) is 20.2 Å². The van der Waals surface area contributed by atoms with E-state index >= 15 is 0 Å². The number of nitrogens with zero attached hydrogens (tertiary/aromatic N) is 6. The van der Waals surface area contributed by atoms with Crippen LogP contribution in [0.15, 0.2) is 33.1 Å². The molecule has 26 heavy (non-hydrogen) atoms. The highest BCUT2D eigenvalue weighted by Crippen LogP contribution is 2.33. The van der Waals surface area contributed by atoms with Gasteiger partial charge in [-0.3, -0.25) is 0 Å². The van der Waals surface area contributed by atoms with Crippen LogP contribution in [-0.4, -0.2) is 38.8 Å². The lowest BCUT2D eigenvalue weighted by Crippen LogP contribution is -2.16. The highest BCUT2D eigenvalue weighted by atomic mass is 32.2. The number of furan rings is 1. The fraction of sp³-hybridized carbons (Fsp3) is 0.333. The zero-order chi connectivity index (χ0) is 19.1. The molecule has 0 aliphatic rings. The Bertz CT molecular complexity index is 934. The summed E-state index contributed by atoms with van der Waals surface area (Å²) in [6.45, 7) is 1.79. The molecule has 3 aromatic rings. The zero-order valence-electron chi connectivity index (χ0n) is 14.4. The Morgan fingerprint density at radius 1 is 1.19 bits per heavy atom. The molecular weight excluding hydrogens is 369 g/mol. The average Bonchev–Trinajstić information content (AvgIpc) is 3.12. The molecule has 0 saturated carbocycles. The average molecular weight is 384 g/mol. The molecule has 3 heterocycles. The number of alkyl halides is 3. The Labute approximate surface area is 151 Å². The van der Waals surface area contributed by atoms with Crippen LogP contribution in [-0.2, 0) is 13.2 Å². The summed E-state index contributed by atoms with van der Waals surface area (Å²) >= 11 is 0.910. The second kappa shape index (κ2) is 6.63. The molecule has 11 heteroatoms. The topological polar surface area (TPSA) is 72.9 Å². The first kappa shape index (κ1) is 18.2. The molecule has 0 amide bonds. The zero-order valence-corrected chi connectivity index (χ0v) is 15.2. The van der Waals surface area contributed by atoms with Gasteiger partial charge in [0.1, 0.15) is 11.6 Å². The van der Waals surface area contributed by atoms with Gasteiger partial charge in [-0.2, -0.15) is 13.2 Å². The van der Waals surface area contributed by atoms with Crippen LogP contribution in [0.5, 0.6) is 0 Å². The highest BCUT2D eigenvalue weighted by Gasteiger charge is 2.34. The summed E-state index contributed by atoms with van der Waals surface area (Å²) in [5.74, 6) is 1.36. The fourth-order valence-corrected chi connectivity index (χ4v) is 2.92. The van der Waals surface area contributed by atoms with Gasteiger partial charge in [-0.25, -0.2) is 9.97 Å². The Morgan fingerprint density at radius 3 is 2.50 bits per heavy atom. The third-order valence-corrected chi connectivity index (χ3v) is 4.46. The first-order valence-electron chi connectivity index (χ1n) is 7.42. The number of hydrogen-bond donors (Lipinski definition) is 0. The van der Waals surface area contributed by atoms with Crippen molar-refractivity contribution in [3.05, 3.63) is 29.9 Å². The summed E-state index contributed by atoms with van der Waals surface area (Å²) in [6, 6.07) is 2.65. The van der Waals surface area contributed by atoms with E-state index in [-0.39, 0.29) is 11.0 Å². The predicted molar refractivity (Wildman–Crippen MR) is 88.9 cm³/mol. The molecule has 3 aromatic heterocycles. The third kappa shape index (κ3) is 3.52. The molecule has 0 atom stereocenters. The summed E-state index contributed by atoms with van der Waals surface area (Å²) in [5.41, 5.74) is -0.252. The molecule has 0 fully saturated rings. The van der Waals surface area contributed by atoms with E-state index in [0.717, 1.165) is 23.4 Å². The maximum absolute atomic E-state index is 13.1. The van der Waals surface area contributed by atoms with Crippen molar-refractivity contribution < 1.29 is 17.6 Å². The largest absolute Gasteiger partial charge is 0.469 e. The van der Waals surface area contributed by atoms with Crippen LogP contribution in [0.1, 0.15) is 11.5 Å². The third-order valence-electron chi connectivity index (χ3n) is 3.56. The minimum atomic E-state index is -4.57. The standard InChI is InChI=1S/C15H15F3N6OS/c1-8-9(5-6-25-8)12-21-22-14(24(12)4)26-13-19-10(15(16,17)18)7-11(20-13)23(2)3/h5-7H,1-4H3. The van der Waals surface area contributed by atoms with Gasteiger partial charge in [0, 0.05) is 27.2 Å². The lowest BCUT2D eigenvalue weighted by Gasteiger charge is -2.15. The molecule has 0 bridgehead atoms. The van der Waals surface area contributed by atoms with Gasteiger partial charge in [-0.1, -0.05) is 0 Å². The minimum absolute atomic E-state index is 0.0607. The van der Waals surface area contributed by atoms with Crippen molar-refractivity contribution in [2.24, 2.45) is 7.05 Å². The number of anilines is 1. The van der Waals surface area contributed by atoms with Crippen molar-refractivity contribution >= 4 is 17.6 Å². The van der Waals surface area contributed by atoms with Crippen molar-refractivity contribution in [2.75, 3.05) is 19.0 Å². The molecule has 0 radical (unpaired) electrons. The molecular formula is C15H15F3N6OS. The van der Waals surface area contributed by atoms with Crippen LogP contribution in [0.25, 0.3) is 11.4 Å². The van der Waals surface area contributed by atoms with E-state index in [9.17, 15) is 13.2 Å².